The van der Waals surface area contributed by atoms with Gasteiger partial charge in [-0.2, -0.15) is 0 Å². The van der Waals surface area contributed by atoms with Crippen LogP contribution in [0, 0.1) is 5.82 Å². The number of hydrogen-bond acceptors (Lipinski definition) is 7. The van der Waals surface area contributed by atoms with Crippen LogP contribution >= 0.6 is 11.6 Å². The van der Waals surface area contributed by atoms with Crippen molar-refractivity contribution in [2.75, 3.05) is 19.0 Å². The Kier molecular flexibility index (Phi) is 8.93. The molecule has 3 heterocycles. The number of nitrogens with one attached hydrogen (secondary N) is 3. The first-order chi connectivity index (χ1) is 21.1. The number of anilines is 1. The highest BCUT2D eigenvalue weighted by Crippen LogP contribution is 2.38. The second-order valence-corrected chi connectivity index (χ2v) is 10.8. The van der Waals surface area contributed by atoms with E-state index in [2.05, 4.69) is 20.9 Å². The van der Waals surface area contributed by atoms with Gasteiger partial charge in [0.1, 0.15) is 11.4 Å². The highest BCUT2D eigenvalue weighted by Gasteiger charge is 2.22. The molecule has 1 aliphatic heterocycles. The minimum absolute atomic E-state index is 0.0517. The van der Waals surface area contributed by atoms with Gasteiger partial charge in [0.25, 0.3) is 11.5 Å². The summed E-state index contributed by atoms with van der Waals surface area (Å²) >= 11 is 6.66. The number of ether oxygens (including phenoxy) is 1. The fourth-order valence-corrected chi connectivity index (χ4v) is 5.35. The maximum atomic E-state index is 16.1. The molecular weight excluding hydrogens is 591 g/mol. The zero-order valence-electron chi connectivity index (χ0n) is 24.2. The van der Waals surface area contributed by atoms with E-state index in [1.54, 1.807) is 42.5 Å². The molecule has 0 radical (unpaired) electrons. The molecule has 1 atom stereocenters. The molecule has 1 fully saturated rings. The van der Waals surface area contributed by atoms with Crippen molar-refractivity contribution in [2.24, 2.45) is 14.1 Å². The zero-order chi connectivity index (χ0) is 31.5. The normalized spacial score (nSPS) is 14.4. The number of aryl methyl sites for hydroxylation is 1. The number of halogens is 2. The van der Waals surface area contributed by atoms with E-state index >= 15 is 4.39 Å². The molecule has 0 aliphatic carbocycles. The van der Waals surface area contributed by atoms with E-state index in [0.29, 0.717) is 36.6 Å². The highest BCUT2D eigenvalue weighted by atomic mass is 35.5. The molecule has 228 valence electrons. The third-order valence-corrected chi connectivity index (χ3v) is 7.83. The molecule has 2 aromatic carbocycles. The molecule has 44 heavy (non-hydrogen) atoms. The summed E-state index contributed by atoms with van der Waals surface area (Å²) in [5.74, 6) is -0.964. The molecule has 0 bridgehead atoms. The fraction of sp³-hybridized carbons (Fsp3) is 0.258. The van der Waals surface area contributed by atoms with E-state index < -0.39 is 23.0 Å². The number of aromatic nitrogens is 3. The Labute approximate surface area is 256 Å². The molecule has 2 aromatic heterocycles. The summed E-state index contributed by atoms with van der Waals surface area (Å²) in [7, 11) is 4.19. The lowest BCUT2D eigenvalue weighted by Gasteiger charge is -2.15. The topological polar surface area (TPSA) is 136 Å². The van der Waals surface area contributed by atoms with Crippen LogP contribution in [-0.4, -0.2) is 45.6 Å². The van der Waals surface area contributed by atoms with Gasteiger partial charge in [0.15, 0.2) is 0 Å². The maximum absolute atomic E-state index is 16.1. The van der Waals surface area contributed by atoms with Gasteiger partial charge in [-0.3, -0.25) is 19.0 Å². The van der Waals surface area contributed by atoms with Crippen LogP contribution < -0.4 is 31.9 Å². The predicted octanol–water partition coefficient (Wildman–Crippen LogP) is 3.23. The summed E-state index contributed by atoms with van der Waals surface area (Å²) in [6.45, 7) is 1.06. The Hall–Kier alpha value is -4.81. The molecule has 3 N–H and O–H groups in total. The first kappa shape index (κ1) is 30.6. The summed E-state index contributed by atoms with van der Waals surface area (Å²) in [5, 5.41) is 8.87. The number of hydrogen-bond donors (Lipinski definition) is 3. The lowest BCUT2D eigenvalue weighted by atomic mass is 9.99. The minimum atomic E-state index is -0.770. The lowest BCUT2D eigenvalue weighted by Crippen LogP contribution is -2.40. The van der Waals surface area contributed by atoms with Crippen LogP contribution in [0.15, 0.2) is 64.3 Å². The van der Waals surface area contributed by atoms with E-state index in [4.69, 9.17) is 16.3 Å². The van der Waals surface area contributed by atoms with Gasteiger partial charge in [-0.25, -0.2) is 14.2 Å². The van der Waals surface area contributed by atoms with Gasteiger partial charge in [0, 0.05) is 68.1 Å². The van der Waals surface area contributed by atoms with Crippen molar-refractivity contribution in [1.29, 1.82) is 0 Å². The Balaban J connectivity index is 1.40. The van der Waals surface area contributed by atoms with Gasteiger partial charge in [-0.15, -0.1) is 0 Å². The molecule has 0 saturated carbocycles. The quantitative estimate of drug-likeness (QED) is 0.261. The van der Waals surface area contributed by atoms with Crippen LogP contribution in [0.1, 0.15) is 28.8 Å². The number of pyridine rings is 1. The van der Waals surface area contributed by atoms with Crippen molar-refractivity contribution in [2.45, 2.75) is 25.4 Å². The Bertz CT molecular complexity index is 1890. The van der Waals surface area contributed by atoms with E-state index in [0.717, 1.165) is 27.3 Å². The van der Waals surface area contributed by atoms with Gasteiger partial charge >= 0.3 is 5.69 Å². The molecule has 0 spiro atoms. The van der Waals surface area contributed by atoms with Crippen LogP contribution in [0.25, 0.3) is 22.4 Å². The number of nitrogens with zero attached hydrogens (tertiary/aromatic N) is 3. The second-order valence-electron chi connectivity index (χ2n) is 10.4. The highest BCUT2D eigenvalue weighted by molar-refractivity contribution is 6.36. The van der Waals surface area contributed by atoms with Gasteiger partial charge < -0.3 is 25.3 Å². The van der Waals surface area contributed by atoms with Gasteiger partial charge in [0.2, 0.25) is 11.8 Å². The van der Waals surface area contributed by atoms with Crippen LogP contribution in [0.3, 0.4) is 0 Å². The number of benzene rings is 2. The predicted molar refractivity (Wildman–Crippen MR) is 164 cm³/mol. The molecule has 2 amide bonds. The molecule has 1 aliphatic rings. The number of carbonyl (C=O) groups excluding carboxylic acids is 2. The molecular formula is C31H30ClFN6O5. The van der Waals surface area contributed by atoms with Crippen LogP contribution in [-0.2, 0) is 25.4 Å². The molecule has 11 nitrogen and oxygen atoms in total. The molecule has 5 rings (SSSR count). The van der Waals surface area contributed by atoms with Crippen LogP contribution in [0.4, 0.5) is 10.1 Å². The first-order valence-corrected chi connectivity index (χ1v) is 14.2. The first-order valence-electron chi connectivity index (χ1n) is 13.8. The van der Waals surface area contributed by atoms with E-state index in [1.807, 2.05) is 0 Å². The number of carbonyl (C=O) groups is 2. The summed E-state index contributed by atoms with van der Waals surface area (Å²) < 4.78 is 23.5. The van der Waals surface area contributed by atoms with Gasteiger partial charge in [0.05, 0.1) is 23.5 Å². The van der Waals surface area contributed by atoms with E-state index in [9.17, 15) is 19.2 Å². The van der Waals surface area contributed by atoms with Gasteiger partial charge in [-0.1, -0.05) is 41.9 Å². The maximum Gasteiger partial charge on any atom is 0.330 e. The summed E-state index contributed by atoms with van der Waals surface area (Å²) in [5.41, 5.74) is 0.386. The van der Waals surface area contributed by atoms with E-state index in [-0.39, 0.29) is 39.3 Å². The number of rotatable bonds is 9. The molecule has 4 aromatic rings. The van der Waals surface area contributed by atoms with Crippen molar-refractivity contribution in [3.05, 3.63) is 97.5 Å². The van der Waals surface area contributed by atoms with Crippen molar-refractivity contribution in [3.8, 4) is 28.3 Å². The zero-order valence-corrected chi connectivity index (χ0v) is 25.0. The number of amides is 2. The monoisotopic (exact) mass is 620 g/mol. The van der Waals surface area contributed by atoms with Crippen molar-refractivity contribution < 1.29 is 18.7 Å². The Morgan fingerprint density at radius 2 is 1.82 bits per heavy atom. The smallest absolute Gasteiger partial charge is 0.330 e. The molecule has 1 saturated heterocycles. The minimum Gasteiger partial charge on any atom is -0.481 e. The largest absolute Gasteiger partial charge is 0.481 e. The summed E-state index contributed by atoms with van der Waals surface area (Å²) in [4.78, 5) is 53.5. The molecule has 1 unspecified atom stereocenters. The number of methoxy groups -OCH3 is 1. The average Bonchev–Trinajstić information content (AvgIpc) is 3.44. The second kappa shape index (κ2) is 12.8. The summed E-state index contributed by atoms with van der Waals surface area (Å²) in [6, 6.07) is 13.1. The van der Waals surface area contributed by atoms with Crippen molar-refractivity contribution >= 4 is 29.1 Å². The Morgan fingerprint density at radius 3 is 2.55 bits per heavy atom. The summed E-state index contributed by atoms with van der Waals surface area (Å²) in [6.07, 6.45) is 2.46. The standard InChI is InChI=1S/C31H30ClFN6O5/c1-38-16-22(30(42)39(2)31(38)43)28(41)36-24-9-5-6-19(26(24)32)20-7-4-8-21(27(20)33)23-12-10-17(29(37-23)44-3)14-34-15-18-11-13-25(40)35-18/h4-10,12,16,18,34H,11,13-15H2,1-3H3,(H,35,40)(H,36,41). The van der Waals surface area contributed by atoms with Crippen LogP contribution in [0.2, 0.25) is 5.02 Å². The lowest BCUT2D eigenvalue weighted by molar-refractivity contribution is -0.119. The van der Waals surface area contributed by atoms with Gasteiger partial charge in [-0.05, 0) is 24.6 Å². The van der Waals surface area contributed by atoms with Crippen molar-refractivity contribution in [3.63, 3.8) is 0 Å². The van der Waals surface area contributed by atoms with E-state index in [1.165, 1.54) is 27.3 Å². The Morgan fingerprint density at radius 1 is 1.09 bits per heavy atom. The third-order valence-electron chi connectivity index (χ3n) is 7.43. The van der Waals surface area contributed by atoms with Crippen molar-refractivity contribution in [1.82, 2.24) is 24.8 Å². The SMILES string of the molecule is COc1nc(-c2cccc(-c3cccc(NC(=O)c4cn(C)c(=O)n(C)c4=O)c3Cl)c2F)ccc1CNCC1CCC(=O)N1. The average molecular weight is 621 g/mol. The van der Waals surface area contributed by atoms with Crippen LogP contribution in [0.5, 0.6) is 5.88 Å². The third kappa shape index (κ3) is 6.12. The molecule has 13 heteroatoms. The fourth-order valence-electron chi connectivity index (χ4n) is 5.07.